The molecular formula is C27H33NO5. The molecule has 1 saturated carbocycles. The number of benzene rings is 1. The van der Waals surface area contributed by atoms with Crippen LogP contribution in [0.5, 0.6) is 0 Å². The minimum absolute atomic E-state index is 0.0921. The van der Waals surface area contributed by atoms with Crippen LogP contribution in [0.1, 0.15) is 69.4 Å². The lowest BCUT2D eigenvalue weighted by Gasteiger charge is -2.38. The molecule has 6 nitrogen and oxygen atoms in total. The van der Waals surface area contributed by atoms with Crippen LogP contribution in [0.3, 0.4) is 0 Å². The maximum Gasteiger partial charge on any atom is 0.337 e. The molecule has 0 radical (unpaired) electrons. The Kier molecular flexibility index (Phi) is 6.73. The van der Waals surface area contributed by atoms with Crippen LogP contribution in [0.2, 0.25) is 0 Å². The summed E-state index contributed by atoms with van der Waals surface area (Å²) in [6, 6.07) is 7.86. The number of carbonyl (C=O) groups is 3. The maximum absolute atomic E-state index is 13.7. The number of ketones is 1. The number of dihydropyridines is 1. The van der Waals surface area contributed by atoms with Crippen molar-refractivity contribution in [1.82, 2.24) is 5.32 Å². The lowest BCUT2D eigenvalue weighted by atomic mass is 9.69. The number of aryl methyl sites for hydroxylation is 1. The normalized spacial score (nSPS) is 25.9. The number of Topliss-reactive ketones (excluding diaryl/α,β-unsaturated/α-hetero) is 1. The van der Waals surface area contributed by atoms with Crippen molar-refractivity contribution in [3.8, 4) is 0 Å². The second-order valence-corrected chi connectivity index (χ2v) is 9.61. The third-order valence-electron chi connectivity index (χ3n) is 7.20. The van der Waals surface area contributed by atoms with Gasteiger partial charge in [-0.2, -0.15) is 0 Å². The number of hydrogen-bond acceptors (Lipinski definition) is 6. The minimum Gasteiger partial charge on any atom is -0.468 e. The Hall–Kier alpha value is -2.89. The number of ether oxygens (including phenoxy) is 2. The average molecular weight is 452 g/mol. The second kappa shape index (κ2) is 9.54. The van der Waals surface area contributed by atoms with Crippen LogP contribution in [0.4, 0.5) is 0 Å². The number of nitrogens with one attached hydrogen (secondary N) is 1. The second-order valence-electron chi connectivity index (χ2n) is 9.61. The van der Waals surface area contributed by atoms with Gasteiger partial charge in [-0.1, -0.05) is 43.2 Å². The molecule has 0 bridgehead atoms. The van der Waals surface area contributed by atoms with Crippen LogP contribution in [-0.2, 0) is 23.9 Å². The highest BCUT2D eigenvalue weighted by Crippen LogP contribution is 2.45. The van der Waals surface area contributed by atoms with E-state index < -0.39 is 17.8 Å². The zero-order valence-corrected chi connectivity index (χ0v) is 19.9. The van der Waals surface area contributed by atoms with Crippen LogP contribution in [-0.4, -0.2) is 30.9 Å². The molecule has 0 aromatic heterocycles. The SMILES string of the molecule is COC(=O)[C@H]1C(=O)C2=C(C[C@H]1C)NC(C)=C(C(=O)OC1CCCCC1)[C@@H]2c1ccc(C)cc1. The van der Waals surface area contributed by atoms with Gasteiger partial charge in [0.2, 0.25) is 0 Å². The summed E-state index contributed by atoms with van der Waals surface area (Å²) in [6.45, 7) is 5.75. The smallest absolute Gasteiger partial charge is 0.337 e. The quantitative estimate of drug-likeness (QED) is 0.537. The number of hydrogen-bond donors (Lipinski definition) is 1. The highest BCUT2D eigenvalue weighted by atomic mass is 16.5. The molecule has 0 unspecified atom stereocenters. The Labute approximate surface area is 195 Å². The molecule has 4 rings (SSSR count). The van der Waals surface area contributed by atoms with Crippen molar-refractivity contribution in [3.63, 3.8) is 0 Å². The van der Waals surface area contributed by atoms with Crippen LogP contribution < -0.4 is 5.32 Å². The average Bonchev–Trinajstić information content (AvgIpc) is 2.79. The third kappa shape index (κ3) is 4.48. The summed E-state index contributed by atoms with van der Waals surface area (Å²) in [5.74, 6) is -2.84. The van der Waals surface area contributed by atoms with Crippen LogP contribution in [0, 0.1) is 18.8 Å². The fraction of sp³-hybridized carbons (Fsp3) is 0.519. The van der Waals surface area contributed by atoms with Gasteiger partial charge in [0.25, 0.3) is 0 Å². The molecule has 33 heavy (non-hydrogen) atoms. The molecule has 3 aliphatic rings. The summed E-state index contributed by atoms with van der Waals surface area (Å²) < 4.78 is 10.9. The van der Waals surface area contributed by atoms with Gasteiger partial charge >= 0.3 is 11.9 Å². The van der Waals surface area contributed by atoms with E-state index in [4.69, 9.17) is 9.47 Å². The van der Waals surface area contributed by atoms with Crippen molar-refractivity contribution in [2.24, 2.45) is 11.8 Å². The molecular weight excluding hydrogens is 418 g/mol. The zero-order valence-electron chi connectivity index (χ0n) is 19.9. The van der Waals surface area contributed by atoms with E-state index in [2.05, 4.69) is 5.32 Å². The Bertz CT molecular complexity index is 1010. The first-order valence-electron chi connectivity index (χ1n) is 11.9. The molecule has 0 saturated heterocycles. The highest BCUT2D eigenvalue weighted by Gasteiger charge is 2.47. The molecule has 1 aromatic rings. The summed E-state index contributed by atoms with van der Waals surface area (Å²) in [5, 5.41) is 3.32. The predicted octanol–water partition coefficient (Wildman–Crippen LogP) is 4.48. The van der Waals surface area contributed by atoms with Gasteiger partial charge < -0.3 is 14.8 Å². The van der Waals surface area contributed by atoms with Gasteiger partial charge in [-0.3, -0.25) is 9.59 Å². The summed E-state index contributed by atoms with van der Waals surface area (Å²) in [5.41, 5.74) is 4.35. The van der Waals surface area contributed by atoms with Crippen molar-refractivity contribution in [1.29, 1.82) is 0 Å². The van der Waals surface area contributed by atoms with Gasteiger partial charge in [0.05, 0.1) is 12.7 Å². The van der Waals surface area contributed by atoms with E-state index in [0.29, 0.717) is 23.3 Å². The summed E-state index contributed by atoms with van der Waals surface area (Å²) in [7, 11) is 1.31. The lowest BCUT2D eigenvalue weighted by molar-refractivity contribution is -0.151. The third-order valence-corrected chi connectivity index (χ3v) is 7.20. The zero-order chi connectivity index (χ0) is 23.7. The molecule has 1 N–H and O–H groups in total. The Morgan fingerprint density at radius 2 is 1.70 bits per heavy atom. The molecule has 1 aromatic carbocycles. The Morgan fingerprint density at radius 3 is 2.33 bits per heavy atom. The van der Waals surface area contributed by atoms with E-state index in [1.165, 1.54) is 13.5 Å². The van der Waals surface area contributed by atoms with Crippen molar-refractivity contribution >= 4 is 17.7 Å². The number of methoxy groups -OCH3 is 1. The van der Waals surface area contributed by atoms with E-state index in [0.717, 1.165) is 42.5 Å². The molecule has 1 aliphatic heterocycles. The molecule has 0 spiro atoms. The molecule has 176 valence electrons. The molecule has 6 heteroatoms. The van der Waals surface area contributed by atoms with Crippen molar-refractivity contribution in [2.75, 3.05) is 7.11 Å². The standard InChI is InChI=1S/C27H33NO5/c1-15-10-12-18(13-11-15)23-22(27(31)33-19-8-6-5-7-9-19)17(3)28-20-14-16(2)21(26(30)32-4)25(29)24(20)23/h10-13,16,19,21,23,28H,5-9,14H2,1-4H3/t16-,21-,23+/m1/s1. The van der Waals surface area contributed by atoms with E-state index in [9.17, 15) is 14.4 Å². The van der Waals surface area contributed by atoms with Crippen molar-refractivity contribution < 1.29 is 23.9 Å². The van der Waals surface area contributed by atoms with Gasteiger partial charge in [-0.05, 0) is 57.4 Å². The van der Waals surface area contributed by atoms with Crippen molar-refractivity contribution in [3.05, 3.63) is 57.9 Å². The van der Waals surface area contributed by atoms with Crippen LogP contribution >= 0.6 is 0 Å². The van der Waals surface area contributed by atoms with E-state index in [1.807, 2.05) is 45.0 Å². The lowest BCUT2D eigenvalue weighted by Crippen LogP contribution is -2.43. The summed E-state index contributed by atoms with van der Waals surface area (Å²) in [6.07, 6.45) is 5.47. The summed E-state index contributed by atoms with van der Waals surface area (Å²) >= 11 is 0. The Morgan fingerprint density at radius 1 is 1.03 bits per heavy atom. The predicted molar refractivity (Wildman–Crippen MR) is 124 cm³/mol. The van der Waals surface area contributed by atoms with E-state index in [1.54, 1.807) is 0 Å². The molecule has 2 aliphatic carbocycles. The number of rotatable bonds is 4. The molecule has 1 fully saturated rings. The number of allylic oxidation sites excluding steroid dienone is 3. The topological polar surface area (TPSA) is 81.7 Å². The minimum atomic E-state index is -0.877. The fourth-order valence-electron chi connectivity index (χ4n) is 5.44. The largest absolute Gasteiger partial charge is 0.468 e. The Balaban J connectivity index is 1.77. The first-order chi connectivity index (χ1) is 15.8. The van der Waals surface area contributed by atoms with Crippen molar-refractivity contribution in [2.45, 2.75) is 71.3 Å². The van der Waals surface area contributed by atoms with Gasteiger partial charge in [0.15, 0.2) is 5.78 Å². The summed E-state index contributed by atoms with van der Waals surface area (Å²) in [4.78, 5) is 39.7. The number of esters is 2. The van der Waals surface area contributed by atoms with E-state index >= 15 is 0 Å². The monoisotopic (exact) mass is 451 g/mol. The van der Waals surface area contributed by atoms with Crippen LogP contribution in [0.25, 0.3) is 0 Å². The van der Waals surface area contributed by atoms with Gasteiger partial charge in [0, 0.05) is 22.9 Å². The number of carbonyl (C=O) groups excluding carboxylic acids is 3. The van der Waals surface area contributed by atoms with Gasteiger partial charge in [0.1, 0.15) is 12.0 Å². The fourth-order valence-corrected chi connectivity index (χ4v) is 5.44. The van der Waals surface area contributed by atoms with Crippen LogP contribution in [0.15, 0.2) is 46.8 Å². The first kappa shape index (κ1) is 23.3. The maximum atomic E-state index is 13.7. The molecule has 1 heterocycles. The van der Waals surface area contributed by atoms with E-state index in [-0.39, 0.29) is 23.8 Å². The highest BCUT2D eigenvalue weighted by molar-refractivity contribution is 6.12. The first-order valence-corrected chi connectivity index (χ1v) is 11.9. The van der Waals surface area contributed by atoms with Gasteiger partial charge in [-0.15, -0.1) is 0 Å². The molecule has 0 amide bonds. The van der Waals surface area contributed by atoms with Gasteiger partial charge in [-0.25, -0.2) is 4.79 Å². The molecule has 3 atom stereocenters.